The predicted molar refractivity (Wildman–Crippen MR) is 133 cm³/mol. The van der Waals surface area contributed by atoms with Gasteiger partial charge in [0.15, 0.2) is 11.5 Å². The largest absolute Gasteiger partial charge is 0.493 e. The van der Waals surface area contributed by atoms with Crippen LogP contribution in [0.1, 0.15) is 22.4 Å². The van der Waals surface area contributed by atoms with Crippen molar-refractivity contribution in [2.75, 3.05) is 19.5 Å². The van der Waals surface area contributed by atoms with Gasteiger partial charge in [0.1, 0.15) is 12.4 Å². The number of aromatic nitrogens is 2. The Bertz CT molecular complexity index is 1210. The summed E-state index contributed by atoms with van der Waals surface area (Å²) in [6.07, 6.45) is 3.14. The van der Waals surface area contributed by atoms with Crippen molar-refractivity contribution in [1.29, 1.82) is 0 Å². The number of rotatable bonds is 9. The predicted octanol–water partition coefficient (Wildman–Crippen LogP) is 3.62. The van der Waals surface area contributed by atoms with E-state index in [4.69, 9.17) is 9.47 Å². The lowest BCUT2D eigenvalue weighted by molar-refractivity contribution is -0.122. The molecule has 34 heavy (non-hydrogen) atoms. The molecule has 3 aromatic rings. The van der Waals surface area contributed by atoms with Gasteiger partial charge in [-0.2, -0.15) is 16.9 Å². The maximum absolute atomic E-state index is 12.7. The van der Waals surface area contributed by atoms with Crippen LogP contribution in [0.15, 0.2) is 54.6 Å². The number of benzene rings is 2. The van der Waals surface area contributed by atoms with Crippen LogP contribution in [0.2, 0.25) is 0 Å². The van der Waals surface area contributed by atoms with Crippen LogP contribution in [0, 0.1) is 0 Å². The summed E-state index contributed by atoms with van der Waals surface area (Å²) >= 11 is 1.73. The number of nitrogens with one attached hydrogen (secondary N) is 2. The summed E-state index contributed by atoms with van der Waals surface area (Å²) in [7, 11) is 3.14. The van der Waals surface area contributed by atoms with Crippen LogP contribution in [-0.2, 0) is 34.2 Å². The van der Waals surface area contributed by atoms with Gasteiger partial charge in [-0.15, -0.1) is 0 Å². The van der Waals surface area contributed by atoms with Crippen molar-refractivity contribution >= 4 is 35.5 Å². The number of hydrogen-bond acceptors (Lipinski definition) is 6. The fraction of sp³-hybridized carbons (Fsp3) is 0.240. The minimum absolute atomic E-state index is 0.0273. The summed E-state index contributed by atoms with van der Waals surface area (Å²) in [6, 6.07) is 15.1. The van der Waals surface area contributed by atoms with Gasteiger partial charge in [0.05, 0.1) is 19.9 Å². The minimum atomic E-state index is -0.305. The molecule has 9 heteroatoms. The molecule has 0 bridgehead atoms. The Morgan fingerprint density at radius 1 is 1.09 bits per heavy atom. The second-order valence-corrected chi connectivity index (χ2v) is 8.61. The van der Waals surface area contributed by atoms with Gasteiger partial charge in [0.2, 0.25) is 11.8 Å². The molecule has 0 saturated carbocycles. The number of carbonyl (C=O) groups is 2. The van der Waals surface area contributed by atoms with E-state index >= 15 is 0 Å². The topological polar surface area (TPSA) is 94.5 Å². The van der Waals surface area contributed by atoms with Crippen molar-refractivity contribution in [2.24, 2.45) is 0 Å². The van der Waals surface area contributed by atoms with Crippen molar-refractivity contribution in [3.63, 3.8) is 0 Å². The van der Waals surface area contributed by atoms with E-state index in [1.54, 1.807) is 48.9 Å². The number of anilines is 1. The Morgan fingerprint density at radius 3 is 2.65 bits per heavy atom. The molecular weight excluding hydrogens is 452 g/mol. The first-order valence-electron chi connectivity index (χ1n) is 10.8. The molecule has 0 unspecified atom stereocenters. The molecule has 1 aliphatic heterocycles. The third-order valence-corrected chi connectivity index (χ3v) is 6.29. The van der Waals surface area contributed by atoms with Crippen LogP contribution in [-0.4, -0.2) is 35.8 Å². The molecule has 2 aromatic carbocycles. The molecular formula is C25H26N4O4S. The van der Waals surface area contributed by atoms with Crippen LogP contribution in [0.3, 0.4) is 0 Å². The number of amides is 2. The maximum atomic E-state index is 12.7. The minimum Gasteiger partial charge on any atom is -0.493 e. The Balaban J connectivity index is 1.43. The lowest BCUT2D eigenvalue weighted by Crippen LogP contribution is -2.28. The summed E-state index contributed by atoms with van der Waals surface area (Å²) in [6.45, 7) is 0.464. The van der Waals surface area contributed by atoms with Crippen LogP contribution in [0.5, 0.6) is 11.5 Å². The third kappa shape index (κ3) is 5.60. The lowest BCUT2D eigenvalue weighted by atomic mass is 10.2. The third-order valence-electron chi connectivity index (χ3n) is 5.32. The van der Waals surface area contributed by atoms with Gasteiger partial charge in [0, 0.05) is 29.7 Å². The van der Waals surface area contributed by atoms with E-state index in [1.165, 1.54) is 6.08 Å². The molecule has 176 valence electrons. The van der Waals surface area contributed by atoms with Gasteiger partial charge in [-0.1, -0.05) is 36.4 Å². The van der Waals surface area contributed by atoms with Crippen LogP contribution >= 0.6 is 11.8 Å². The summed E-state index contributed by atoms with van der Waals surface area (Å²) in [4.78, 5) is 25.3. The molecule has 0 spiro atoms. The summed E-state index contributed by atoms with van der Waals surface area (Å²) in [5.74, 6) is 2.80. The monoisotopic (exact) mass is 478 g/mol. The number of carbonyl (C=O) groups excluding carboxylic acids is 2. The lowest BCUT2D eigenvalue weighted by Gasteiger charge is -2.11. The molecule has 2 heterocycles. The van der Waals surface area contributed by atoms with Crippen molar-refractivity contribution in [3.8, 4) is 11.5 Å². The maximum Gasteiger partial charge on any atom is 0.249 e. The van der Waals surface area contributed by atoms with Gasteiger partial charge in [-0.25, -0.2) is 4.68 Å². The number of nitrogens with zero attached hydrogens (tertiary/aromatic N) is 2. The van der Waals surface area contributed by atoms with E-state index < -0.39 is 0 Å². The summed E-state index contributed by atoms with van der Waals surface area (Å²) < 4.78 is 12.1. The fourth-order valence-electron chi connectivity index (χ4n) is 3.60. The second kappa shape index (κ2) is 10.9. The first-order chi connectivity index (χ1) is 16.6. The molecule has 1 aromatic heterocycles. The van der Waals surface area contributed by atoms with Crippen LogP contribution < -0.4 is 20.1 Å². The Morgan fingerprint density at radius 2 is 1.88 bits per heavy atom. The average molecular weight is 479 g/mol. The molecule has 2 amide bonds. The normalized spacial score (nSPS) is 12.4. The van der Waals surface area contributed by atoms with Crippen LogP contribution in [0.25, 0.3) is 6.08 Å². The highest BCUT2D eigenvalue weighted by Crippen LogP contribution is 2.34. The summed E-state index contributed by atoms with van der Waals surface area (Å²) in [5, 5.41) is 10.4. The Hall–Kier alpha value is -3.72. The van der Waals surface area contributed by atoms with Gasteiger partial charge in [-0.3, -0.25) is 9.59 Å². The van der Waals surface area contributed by atoms with E-state index in [9.17, 15) is 9.59 Å². The second-order valence-electron chi connectivity index (χ2n) is 7.62. The number of fused-ring (bicyclic) bond motifs is 1. The fourth-order valence-corrected chi connectivity index (χ4v) is 4.63. The van der Waals surface area contributed by atoms with Crippen molar-refractivity contribution in [1.82, 2.24) is 15.1 Å². The molecule has 0 fully saturated rings. The molecule has 0 aliphatic carbocycles. The molecule has 2 N–H and O–H groups in total. The van der Waals surface area contributed by atoms with E-state index in [-0.39, 0.29) is 18.4 Å². The van der Waals surface area contributed by atoms with Crippen molar-refractivity contribution in [2.45, 2.75) is 24.6 Å². The van der Waals surface area contributed by atoms with E-state index in [0.717, 1.165) is 33.9 Å². The number of thioether (sulfide) groups is 1. The zero-order valence-corrected chi connectivity index (χ0v) is 19.9. The quantitative estimate of drug-likeness (QED) is 0.456. The number of hydrogen-bond donors (Lipinski definition) is 2. The van der Waals surface area contributed by atoms with Crippen molar-refractivity contribution in [3.05, 3.63) is 77.0 Å². The average Bonchev–Trinajstić information content (AvgIpc) is 3.44. The molecule has 1 aliphatic rings. The Kier molecular flexibility index (Phi) is 7.54. The number of methoxy groups -OCH3 is 2. The first-order valence-corrected chi connectivity index (χ1v) is 11.9. The molecule has 0 atom stereocenters. The highest BCUT2D eigenvalue weighted by Gasteiger charge is 2.24. The molecule has 8 nitrogen and oxygen atoms in total. The molecule has 4 rings (SSSR count). The Labute approximate surface area is 202 Å². The van der Waals surface area contributed by atoms with E-state index in [1.807, 2.05) is 36.4 Å². The molecule has 0 radical (unpaired) electrons. The zero-order valence-electron chi connectivity index (χ0n) is 19.0. The van der Waals surface area contributed by atoms with Gasteiger partial charge < -0.3 is 20.1 Å². The number of ether oxygens (including phenoxy) is 2. The summed E-state index contributed by atoms with van der Waals surface area (Å²) in [5.41, 5.74) is 3.68. The highest BCUT2D eigenvalue weighted by atomic mass is 32.2. The SMILES string of the molecule is COc1ccc(/C=C\C(=O)Nc2c3c(nn2CC(=O)NCc2ccccc2)CSC3)cc1OC. The van der Waals surface area contributed by atoms with E-state index in [0.29, 0.717) is 23.9 Å². The van der Waals surface area contributed by atoms with E-state index in [2.05, 4.69) is 15.7 Å². The first kappa shape index (κ1) is 23.4. The standard InChI is InChI=1S/C25H26N4O4S/c1-32-21-10-8-17(12-22(21)33-2)9-11-23(30)27-25-19-15-34-16-20(19)28-29(25)14-24(31)26-13-18-6-4-3-5-7-18/h3-12H,13-16H2,1-2H3,(H,26,31)(H,27,30)/b11-9-. The van der Waals surface area contributed by atoms with Crippen LogP contribution in [0.4, 0.5) is 5.82 Å². The van der Waals surface area contributed by atoms with Crippen molar-refractivity contribution < 1.29 is 19.1 Å². The van der Waals surface area contributed by atoms with Gasteiger partial charge >= 0.3 is 0 Å². The smallest absolute Gasteiger partial charge is 0.249 e. The molecule has 0 saturated heterocycles. The highest BCUT2D eigenvalue weighted by molar-refractivity contribution is 7.98. The van der Waals surface area contributed by atoms with Gasteiger partial charge in [-0.05, 0) is 29.3 Å². The van der Waals surface area contributed by atoms with Gasteiger partial charge in [0.25, 0.3) is 0 Å². The zero-order chi connectivity index (χ0) is 23.9.